The smallest absolute Gasteiger partial charge is 0.422 e. The number of alkyl halides is 14. The Morgan fingerprint density at radius 2 is 1.00 bits per heavy atom. The molecule has 0 saturated heterocycles. The standard InChI is InChI=1S/C16H6F14O5/c1-5(31)7-4-6(34-9(32)11(17,18)13(21,22)15(25,26)27)2-3-8(7)35-10(33)12(19,20)14(23,24)16(28,29)30/h2-4H,1H3. The van der Waals surface area contributed by atoms with Crippen molar-refractivity contribution in [2.24, 2.45) is 0 Å². The van der Waals surface area contributed by atoms with Crippen LogP contribution in [0.25, 0.3) is 0 Å². The van der Waals surface area contributed by atoms with Gasteiger partial charge >= 0.3 is 48.0 Å². The molecule has 0 N–H and O–H groups in total. The summed E-state index contributed by atoms with van der Waals surface area (Å²) >= 11 is 0. The van der Waals surface area contributed by atoms with E-state index in [1.165, 1.54) is 0 Å². The molecular weight excluding hydrogens is 538 g/mol. The molecule has 1 aromatic rings. The third-order valence-corrected chi connectivity index (χ3v) is 3.76. The zero-order chi connectivity index (χ0) is 28.0. The Labute approximate surface area is 182 Å². The van der Waals surface area contributed by atoms with Crippen molar-refractivity contribution in [2.75, 3.05) is 0 Å². The molecule has 0 aromatic heterocycles. The third kappa shape index (κ3) is 5.26. The summed E-state index contributed by atoms with van der Waals surface area (Å²) in [6.07, 6.45) is -13.9. The fraction of sp³-hybridized carbons (Fsp3) is 0.438. The SMILES string of the molecule is CC(=O)c1cc(OC(=O)C(F)(F)C(F)(F)C(F)(F)F)ccc1OC(=O)C(F)(F)C(F)(F)C(F)(F)F. The zero-order valence-corrected chi connectivity index (χ0v) is 16.1. The Kier molecular flexibility index (Phi) is 7.52. The first-order valence-electron chi connectivity index (χ1n) is 8.06. The molecule has 0 fully saturated rings. The highest BCUT2D eigenvalue weighted by atomic mass is 19.4. The van der Waals surface area contributed by atoms with Crippen LogP contribution in [0.3, 0.4) is 0 Å². The number of benzene rings is 1. The van der Waals surface area contributed by atoms with E-state index >= 15 is 0 Å². The topological polar surface area (TPSA) is 69.7 Å². The normalized spacial score (nSPS) is 13.9. The molecule has 35 heavy (non-hydrogen) atoms. The maximum atomic E-state index is 13.4. The molecule has 198 valence electrons. The van der Waals surface area contributed by atoms with E-state index in [9.17, 15) is 75.8 Å². The summed E-state index contributed by atoms with van der Waals surface area (Å²) in [6, 6.07) is 0.0264. The number of carbonyl (C=O) groups excluding carboxylic acids is 3. The summed E-state index contributed by atoms with van der Waals surface area (Å²) in [5.74, 6) is -38.6. The number of hydrogen-bond acceptors (Lipinski definition) is 5. The minimum absolute atomic E-state index is 0.0130. The summed E-state index contributed by atoms with van der Waals surface area (Å²) in [5.41, 5.74) is -1.32. The average molecular weight is 544 g/mol. The lowest BCUT2D eigenvalue weighted by Crippen LogP contribution is -2.57. The van der Waals surface area contributed by atoms with Gasteiger partial charge in [0.05, 0.1) is 5.56 Å². The summed E-state index contributed by atoms with van der Waals surface area (Å²) < 4.78 is 185. The molecule has 19 heteroatoms. The van der Waals surface area contributed by atoms with Gasteiger partial charge in [0.1, 0.15) is 11.5 Å². The summed E-state index contributed by atoms with van der Waals surface area (Å²) in [4.78, 5) is 34.0. The predicted molar refractivity (Wildman–Crippen MR) is 79.6 cm³/mol. The highest BCUT2D eigenvalue weighted by Gasteiger charge is 2.78. The first kappa shape index (κ1) is 29.9. The van der Waals surface area contributed by atoms with Gasteiger partial charge in [0.2, 0.25) is 0 Å². The molecule has 0 atom stereocenters. The second-order valence-corrected chi connectivity index (χ2v) is 6.29. The lowest BCUT2D eigenvalue weighted by Gasteiger charge is -2.26. The van der Waals surface area contributed by atoms with Crippen molar-refractivity contribution in [3.63, 3.8) is 0 Å². The number of rotatable bonds is 7. The van der Waals surface area contributed by atoms with Crippen molar-refractivity contribution in [2.45, 2.75) is 43.0 Å². The van der Waals surface area contributed by atoms with Crippen molar-refractivity contribution in [3.05, 3.63) is 23.8 Å². The Bertz CT molecular complexity index is 1010. The van der Waals surface area contributed by atoms with E-state index in [0.29, 0.717) is 6.92 Å². The van der Waals surface area contributed by atoms with Gasteiger partial charge in [0.15, 0.2) is 5.78 Å². The molecule has 0 amide bonds. The van der Waals surface area contributed by atoms with Crippen LogP contribution < -0.4 is 9.47 Å². The van der Waals surface area contributed by atoms with Gasteiger partial charge in [-0.05, 0) is 25.1 Å². The number of ether oxygens (including phenoxy) is 2. The Hall–Kier alpha value is -3.15. The Morgan fingerprint density at radius 1 is 0.629 bits per heavy atom. The highest BCUT2D eigenvalue weighted by Crippen LogP contribution is 2.48. The van der Waals surface area contributed by atoms with Gasteiger partial charge in [-0.15, -0.1) is 0 Å². The van der Waals surface area contributed by atoms with Gasteiger partial charge in [-0.2, -0.15) is 61.5 Å². The summed E-state index contributed by atoms with van der Waals surface area (Å²) in [6.45, 7) is 0.465. The maximum absolute atomic E-state index is 13.4. The van der Waals surface area contributed by atoms with Crippen LogP contribution in [-0.4, -0.2) is 53.8 Å². The van der Waals surface area contributed by atoms with Crippen LogP contribution in [0.2, 0.25) is 0 Å². The lowest BCUT2D eigenvalue weighted by molar-refractivity contribution is -0.346. The molecule has 0 aliphatic rings. The van der Waals surface area contributed by atoms with Crippen LogP contribution in [0.15, 0.2) is 18.2 Å². The van der Waals surface area contributed by atoms with E-state index in [-0.39, 0.29) is 18.2 Å². The molecule has 0 unspecified atom stereocenters. The molecular formula is C16H6F14O5. The van der Waals surface area contributed by atoms with Crippen LogP contribution in [0.1, 0.15) is 17.3 Å². The van der Waals surface area contributed by atoms with Gasteiger partial charge in [0.25, 0.3) is 0 Å². The van der Waals surface area contributed by atoms with Crippen LogP contribution in [-0.2, 0) is 9.59 Å². The molecule has 1 aromatic carbocycles. The molecule has 0 spiro atoms. The molecule has 0 bridgehead atoms. The van der Waals surface area contributed by atoms with E-state index in [1.54, 1.807) is 0 Å². The number of Topliss-reactive ketones (excluding diaryl/α,β-unsaturated/α-hetero) is 1. The van der Waals surface area contributed by atoms with E-state index < -0.39 is 70.8 Å². The van der Waals surface area contributed by atoms with Gasteiger partial charge in [0, 0.05) is 0 Å². The highest BCUT2D eigenvalue weighted by molar-refractivity contribution is 5.98. The summed E-state index contributed by atoms with van der Waals surface area (Å²) in [7, 11) is 0. The number of hydrogen-bond donors (Lipinski definition) is 0. The fourth-order valence-electron chi connectivity index (χ4n) is 1.88. The summed E-state index contributed by atoms with van der Waals surface area (Å²) in [5, 5.41) is 0. The molecule has 1 rings (SSSR count). The van der Waals surface area contributed by atoms with Gasteiger partial charge in [-0.25, -0.2) is 9.59 Å². The molecule has 0 aliphatic heterocycles. The van der Waals surface area contributed by atoms with E-state index in [2.05, 4.69) is 9.47 Å². The van der Waals surface area contributed by atoms with Crippen molar-refractivity contribution in [1.29, 1.82) is 0 Å². The van der Waals surface area contributed by atoms with Crippen LogP contribution in [0.4, 0.5) is 61.5 Å². The molecule has 0 saturated carbocycles. The fourth-order valence-corrected chi connectivity index (χ4v) is 1.88. The maximum Gasteiger partial charge on any atom is 0.460 e. The number of ketones is 1. The number of esters is 2. The second kappa shape index (κ2) is 8.81. The first-order chi connectivity index (χ1) is 15.3. The molecule has 0 heterocycles. The largest absolute Gasteiger partial charge is 0.460 e. The minimum Gasteiger partial charge on any atom is -0.422 e. The van der Waals surface area contributed by atoms with Crippen LogP contribution in [0.5, 0.6) is 11.5 Å². The van der Waals surface area contributed by atoms with Gasteiger partial charge < -0.3 is 9.47 Å². The van der Waals surface area contributed by atoms with Gasteiger partial charge in [-0.3, -0.25) is 4.79 Å². The monoisotopic (exact) mass is 544 g/mol. The average Bonchev–Trinajstić information content (AvgIpc) is 2.66. The van der Waals surface area contributed by atoms with E-state index in [0.717, 1.165) is 0 Å². The Balaban J connectivity index is 3.32. The lowest BCUT2D eigenvalue weighted by atomic mass is 10.1. The van der Waals surface area contributed by atoms with Crippen molar-refractivity contribution in [1.82, 2.24) is 0 Å². The predicted octanol–water partition coefficient (Wildman–Crippen LogP) is 5.37. The van der Waals surface area contributed by atoms with Crippen LogP contribution in [0, 0.1) is 0 Å². The van der Waals surface area contributed by atoms with E-state index in [4.69, 9.17) is 0 Å². The van der Waals surface area contributed by atoms with Crippen molar-refractivity contribution < 1.29 is 85.3 Å². The first-order valence-corrected chi connectivity index (χ1v) is 8.06. The van der Waals surface area contributed by atoms with E-state index in [1.807, 2.05) is 0 Å². The van der Waals surface area contributed by atoms with Gasteiger partial charge in [-0.1, -0.05) is 0 Å². The molecule has 0 aliphatic carbocycles. The van der Waals surface area contributed by atoms with Crippen molar-refractivity contribution in [3.8, 4) is 11.5 Å². The minimum atomic E-state index is -6.97. The number of carbonyl (C=O) groups is 3. The number of halogens is 14. The zero-order valence-electron chi connectivity index (χ0n) is 16.1. The quantitative estimate of drug-likeness (QED) is 0.200. The third-order valence-electron chi connectivity index (χ3n) is 3.76. The molecule has 5 nitrogen and oxygen atoms in total. The molecule has 0 radical (unpaired) electrons. The second-order valence-electron chi connectivity index (χ2n) is 6.29. The Morgan fingerprint density at radius 3 is 1.34 bits per heavy atom. The van der Waals surface area contributed by atoms with Crippen molar-refractivity contribution >= 4 is 17.7 Å². The van der Waals surface area contributed by atoms with Crippen LogP contribution >= 0.6 is 0 Å².